The van der Waals surface area contributed by atoms with Crippen LogP contribution >= 0.6 is 0 Å². The van der Waals surface area contributed by atoms with Crippen LogP contribution in [0.15, 0.2) is 79.0 Å². The minimum absolute atomic E-state index is 0.162. The number of aromatic carboxylic acids is 1. The maximum absolute atomic E-state index is 12.5. The lowest BCUT2D eigenvalue weighted by molar-refractivity contribution is 0.0696. The summed E-state index contributed by atoms with van der Waals surface area (Å²) in [6.45, 7) is 2.03. The van der Waals surface area contributed by atoms with E-state index < -0.39 is 5.97 Å². The topological polar surface area (TPSA) is 97.1 Å². The van der Waals surface area contributed by atoms with Crippen molar-refractivity contribution < 1.29 is 14.7 Å². The number of hydrogen-bond donors (Lipinski definition) is 2. The molecule has 1 aromatic heterocycles. The summed E-state index contributed by atoms with van der Waals surface area (Å²) in [7, 11) is 0. The maximum atomic E-state index is 12.5. The van der Waals surface area contributed by atoms with Gasteiger partial charge in [-0.3, -0.25) is 4.79 Å². The average Bonchev–Trinajstić information content (AvgIpc) is 3.24. The first-order valence-electron chi connectivity index (χ1n) is 9.24. The van der Waals surface area contributed by atoms with Crippen LogP contribution in [0.25, 0.3) is 16.9 Å². The van der Waals surface area contributed by atoms with E-state index in [4.69, 9.17) is 5.11 Å². The molecule has 0 fully saturated rings. The minimum atomic E-state index is -1.01. The lowest BCUT2D eigenvalue weighted by Gasteiger charge is -2.09. The number of aromatic nitrogens is 3. The van der Waals surface area contributed by atoms with Crippen LogP contribution in [0, 0.1) is 6.92 Å². The number of carbonyl (C=O) groups excluding carboxylic acids is 1. The molecule has 1 heterocycles. The number of carboxylic acids is 1. The number of nitrogens with zero attached hydrogens (tertiary/aromatic N) is 3. The van der Waals surface area contributed by atoms with E-state index in [0.29, 0.717) is 11.3 Å². The Morgan fingerprint density at radius 1 is 0.867 bits per heavy atom. The molecule has 0 atom stereocenters. The zero-order chi connectivity index (χ0) is 21.1. The highest BCUT2D eigenvalue weighted by Gasteiger charge is 2.11. The van der Waals surface area contributed by atoms with Gasteiger partial charge in [0.2, 0.25) is 0 Å². The molecule has 4 rings (SSSR count). The molecule has 4 aromatic rings. The molecule has 2 N–H and O–H groups in total. The first-order chi connectivity index (χ1) is 14.5. The molecule has 0 saturated heterocycles. The third kappa shape index (κ3) is 3.95. The Morgan fingerprint density at radius 2 is 1.50 bits per heavy atom. The molecular weight excluding hydrogens is 380 g/mol. The SMILES string of the molecule is Cc1ccc(-c2cnnn2-c2ccc(C(=O)Nc3ccc(C(=O)O)cc3)cc2)cc1. The predicted octanol–water partition coefficient (Wildman–Crippen LogP) is 4.19. The summed E-state index contributed by atoms with van der Waals surface area (Å²) >= 11 is 0. The molecule has 1 amide bonds. The van der Waals surface area contributed by atoms with Gasteiger partial charge < -0.3 is 10.4 Å². The van der Waals surface area contributed by atoms with Crippen LogP contribution in [0.5, 0.6) is 0 Å². The van der Waals surface area contributed by atoms with Crippen LogP contribution in [-0.4, -0.2) is 32.0 Å². The van der Waals surface area contributed by atoms with Gasteiger partial charge in [-0.25, -0.2) is 9.48 Å². The normalized spacial score (nSPS) is 10.6. The molecule has 0 saturated carbocycles. The Morgan fingerprint density at radius 3 is 2.13 bits per heavy atom. The largest absolute Gasteiger partial charge is 0.478 e. The molecule has 0 spiro atoms. The summed E-state index contributed by atoms with van der Waals surface area (Å²) in [6.07, 6.45) is 1.70. The molecule has 7 nitrogen and oxygen atoms in total. The Kier molecular flexibility index (Phi) is 5.09. The van der Waals surface area contributed by atoms with Crippen molar-refractivity contribution >= 4 is 17.6 Å². The van der Waals surface area contributed by atoms with E-state index in [0.717, 1.165) is 16.9 Å². The molecule has 30 heavy (non-hydrogen) atoms. The third-order valence-corrected chi connectivity index (χ3v) is 4.66. The van der Waals surface area contributed by atoms with Crippen molar-refractivity contribution in [2.24, 2.45) is 0 Å². The molecule has 0 radical (unpaired) electrons. The van der Waals surface area contributed by atoms with Gasteiger partial charge in [0, 0.05) is 16.8 Å². The van der Waals surface area contributed by atoms with Crippen molar-refractivity contribution in [3.05, 3.63) is 95.7 Å². The zero-order valence-corrected chi connectivity index (χ0v) is 16.1. The second-order valence-corrected chi connectivity index (χ2v) is 6.78. The van der Waals surface area contributed by atoms with Crippen LogP contribution in [0.1, 0.15) is 26.3 Å². The lowest BCUT2D eigenvalue weighted by atomic mass is 10.1. The van der Waals surface area contributed by atoms with Crippen molar-refractivity contribution in [2.45, 2.75) is 6.92 Å². The third-order valence-electron chi connectivity index (χ3n) is 4.66. The molecule has 0 unspecified atom stereocenters. The summed E-state index contributed by atoms with van der Waals surface area (Å²) in [4.78, 5) is 23.4. The lowest BCUT2D eigenvalue weighted by Crippen LogP contribution is -2.12. The first-order valence-corrected chi connectivity index (χ1v) is 9.24. The summed E-state index contributed by atoms with van der Waals surface area (Å²) in [5, 5.41) is 19.9. The number of rotatable bonds is 5. The van der Waals surface area contributed by atoms with Crippen LogP contribution in [0.3, 0.4) is 0 Å². The maximum Gasteiger partial charge on any atom is 0.335 e. The highest BCUT2D eigenvalue weighted by atomic mass is 16.4. The van der Waals surface area contributed by atoms with E-state index in [1.165, 1.54) is 17.7 Å². The molecule has 148 valence electrons. The number of carboxylic acid groups (broad SMARTS) is 1. The summed E-state index contributed by atoms with van der Waals surface area (Å²) in [5.41, 5.74) is 4.96. The molecular formula is C23H18N4O3. The van der Waals surface area contributed by atoms with E-state index in [-0.39, 0.29) is 11.5 Å². The Balaban J connectivity index is 1.52. The summed E-state index contributed by atoms with van der Waals surface area (Å²) in [5.74, 6) is -1.30. The minimum Gasteiger partial charge on any atom is -0.478 e. The van der Waals surface area contributed by atoms with E-state index in [1.54, 1.807) is 47.3 Å². The van der Waals surface area contributed by atoms with E-state index in [9.17, 15) is 9.59 Å². The number of aryl methyl sites for hydroxylation is 1. The smallest absolute Gasteiger partial charge is 0.335 e. The van der Waals surface area contributed by atoms with Gasteiger partial charge in [-0.1, -0.05) is 35.0 Å². The fourth-order valence-electron chi connectivity index (χ4n) is 3.00. The number of carbonyl (C=O) groups is 2. The monoisotopic (exact) mass is 398 g/mol. The van der Waals surface area contributed by atoms with Crippen molar-refractivity contribution in [3.63, 3.8) is 0 Å². The molecule has 3 aromatic carbocycles. The molecule has 0 aliphatic carbocycles. The second-order valence-electron chi connectivity index (χ2n) is 6.78. The number of benzene rings is 3. The van der Waals surface area contributed by atoms with E-state index >= 15 is 0 Å². The van der Waals surface area contributed by atoms with E-state index in [2.05, 4.69) is 15.6 Å². The zero-order valence-electron chi connectivity index (χ0n) is 16.1. The summed E-state index contributed by atoms with van der Waals surface area (Å²) < 4.78 is 1.72. The highest BCUT2D eigenvalue weighted by Crippen LogP contribution is 2.22. The Hall–Kier alpha value is -4.26. The van der Waals surface area contributed by atoms with Crippen LogP contribution in [-0.2, 0) is 0 Å². The van der Waals surface area contributed by atoms with Gasteiger partial charge in [-0.2, -0.15) is 0 Å². The first kappa shape index (κ1) is 19.1. The molecule has 0 bridgehead atoms. The predicted molar refractivity (Wildman–Crippen MR) is 113 cm³/mol. The van der Waals surface area contributed by atoms with Crippen molar-refractivity contribution in [2.75, 3.05) is 5.32 Å². The quantitative estimate of drug-likeness (QED) is 0.525. The second kappa shape index (κ2) is 8.00. The number of hydrogen-bond acceptors (Lipinski definition) is 4. The van der Waals surface area contributed by atoms with Crippen molar-refractivity contribution in [3.8, 4) is 16.9 Å². The van der Waals surface area contributed by atoms with Crippen LogP contribution in [0.2, 0.25) is 0 Å². The summed E-state index contributed by atoms with van der Waals surface area (Å²) in [6, 6.07) is 21.1. The highest BCUT2D eigenvalue weighted by molar-refractivity contribution is 6.04. The standard InChI is InChI=1S/C23H18N4O3/c1-15-2-4-16(5-3-15)21-14-24-26-27(21)20-12-8-17(9-13-20)22(28)25-19-10-6-18(7-11-19)23(29)30/h2-14H,1H3,(H,25,28)(H,29,30). The van der Waals surface area contributed by atoms with Crippen molar-refractivity contribution in [1.82, 2.24) is 15.0 Å². The molecule has 0 aliphatic heterocycles. The number of anilines is 1. The fraction of sp³-hybridized carbons (Fsp3) is 0.0435. The van der Waals surface area contributed by atoms with Gasteiger partial charge in [0.1, 0.15) is 0 Å². The molecule has 7 heteroatoms. The van der Waals surface area contributed by atoms with Crippen molar-refractivity contribution in [1.29, 1.82) is 0 Å². The van der Waals surface area contributed by atoms with Gasteiger partial charge >= 0.3 is 5.97 Å². The van der Waals surface area contributed by atoms with Crippen LogP contribution in [0.4, 0.5) is 5.69 Å². The van der Waals surface area contributed by atoms with Gasteiger partial charge in [0.15, 0.2) is 0 Å². The van der Waals surface area contributed by atoms with Gasteiger partial charge in [0.05, 0.1) is 23.1 Å². The Labute approximate surface area is 172 Å². The van der Waals surface area contributed by atoms with Crippen LogP contribution < -0.4 is 5.32 Å². The Bertz CT molecular complexity index is 1190. The van der Waals surface area contributed by atoms with Gasteiger partial charge in [-0.15, -0.1) is 5.10 Å². The van der Waals surface area contributed by atoms with E-state index in [1.807, 2.05) is 31.2 Å². The number of amides is 1. The average molecular weight is 398 g/mol. The van der Waals surface area contributed by atoms with Gasteiger partial charge in [0.25, 0.3) is 5.91 Å². The number of nitrogens with one attached hydrogen (secondary N) is 1. The molecule has 0 aliphatic rings. The fourth-order valence-corrected chi connectivity index (χ4v) is 3.00. The van der Waals surface area contributed by atoms with Gasteiger partial charge in [-0.05, 0) is 55.5 Å².